The van der Waals surface area contributed by atoms with Crippen LogP contribution in [0.3, 0.4) is 0 Å². The third-order valence-corrected chi connectivity index (χ3v) is 10.8. The van der Waals surface area contributed by atoms with Crippen molar-refractivity contribution in [1.82, 2.24) is 19.1 Å². The first-order valence-corrected chi connectivity index (χ1v) is 16.7. The number of alkyl halides is 1. The monoisotopic (exact) mass is 630 g/mol. The summed E-state index contributed by atoms with van der Waals surface area (Å²) in [6.45, 7) is 4.62. The molecule has 1 aliphatic rings. The Balaban J connectivity index is 1.17. The molecule has 5 aromatic carbocycles. The molecule has 9 rings (SSSR count). The molecule has 0 N–H and O–H groups in total. The molecule has 0 saturated carbocycles. The van der Waals surface area contributed by atoms with Gasteiger partial charge in [0.15, 0.2) is 6.17 Å². The van der Waals surface area contributed by atoms with Gasteiger partial charge in [-0.05, 0) is 64.7 Å². The van der Waals surface area contributed by atoms with Crippen LogP contribution >= 0.6 is 11.8 Å². The Kier molecular flexibility index (Phi) is 6.21. The van der Waals surface area contributed by atoms with Gasteiger partial charge in [0, 0.05) is 50.5 Å². The molecule has 0 amide bonds. The van der Waals surface area contributed by atoms with E-state index in [2.05, 4.69) is 77.6 Å². The highest BCUT2D eigenvalue weighted by Gasteiger charge is 2.36. The van der Waals surface area contributed by atoms with Crippen molar-refractivity contribution in [2.24, 2.45) is 7.05 Å². The van der Waals surface area contributed by atoms with Crippen molar-refractivity contribution >= 4 is 44.7 Å². The molecule has 4 heterocycles. The summed E-state index contributed by atoms with van der Waals surface area (Å²) in [4.78, 5) is 12.4. The normalized spacial score (nSPS) is 14.4. The van der Waals surface area contributed by atoms with Gasteiger partial charge in [-0.1, -0.05) is 104 Å². The Morgan fingerprint density at radius 3 is 2.32 bits per heavy atom. The molecule has 0 saturated heterocycles. The molecule has 3 aromatic heterocycles. The van der Waals surface area contributed by atoms with E-state index in [1.807, 2.05) is 80.0 Å². The van der Waals surface area contributed by atoms with Gasteiger partial charge < -0.3 is 4.57 Å². The standard InChI is InChI=1S/C41H31FN4S/c1-41(2)30-17-5-9-21-34(30)47-35-24-43-40-36(37(35)41)29-16-4-7-19-32(29)46(40)28-15-11-13-26(23-28)38(42)25-12-10-14-27(22-25)39-44-31-18-6-8-20-33(31)45(39)3/h4-24,38H,1-3H3. The fourth-order valence-corrected chi connectivity index (χ4v) is 8.82. The molecule has 1 unspecified atom stereocenters. The first-order chi connectivity index (χ1) is 22.9. The van der Waals surface area contributed by atoms with Gasteiger partial charge in [-0.15, -0.1) is 0 Å². The number of aryl methyl sites for hydroxylation is 1. The molecule has 4 nitrogen and oxygen atoms in total. The lowest BCUT2D eigenvalue weighted by Gasteiger charge is -2.35. The Labute approximate surface area is 276 Å². The van der Waals surface area contributed by atoms with E-state index in [1.165, 1.54) is 20.9 Å². The van der Waals surface area contributed by atoms with E-state index >= 15 is 4.39 Å². The Bertz CT molecular complexity index is 2520. The Hall–Kier alpha value is -5.20. The van der Waals surface area contributed by atoms with Crippen molar-refractivity contribution in [2.75, 3.05) is 0 Å². The molecule has 6 heteroatoms. The van der Waals surface area contributed by atoms with Crippen LogP contribution in [0.2, 0.25) is 0 Å². The third-order valence-electron chi connectivity index (χ3n) is 9.70. The molecule has 0 fully saturated rings. The summed E-state index contributed by atoms with van der Waals surface area (Å²) >= 11 is 1.79. The van der Waals surface area contributed by atoms with Crippen LogP contribution in [0, 0.1) is 0 Å². The number of aromatic nitrogens is 4. The van der Waals surface area contributed by atoms with Crippen molar-refractivity contribution in [3.63, 3.8) is 0 Å². The van der Waals surface area contributed by atoms with E-state index in [0.717, 1.165) is 50.0 Å². The van der Waals surface area contributed by atoms with Gasteiger partial charge in [-0.2, -0.15) is 0 Å². The number of fused-ring (bicyclic) bond motifs is 7. The quantitative estimate of drug-likeness (QED) is 0.194. The lowest BCUT2D eigenvalue weighted by molar-refractivity contribution is 0.402. The fraction of sp³-hybridized carbons (Fsp3) is 0.122. The first-order valence-electron chi connectivity index (χ1n) is 15.9. The van der Waals surface area contributed by atoms with Gasteiger partial charge in [0.05, 0.1) is 16.6 Å². The van der Waals surface area contributed by atoms with Crippen molar-refractivity contribution in [2.45, 2.75) is 35.2 Å². The zero-order valence-corrected chi connectivity index (χ0v) is 27.1. The molecule has 8 aromatic rings. The predicted molar refractivity (Wildman–Crippen MR) is 190 cm³/mol. The number of imidazole rings is 1. The molecule has 1 atom stereocenters. The van der Waals surface area contributed by atoms with Crippen molar-refractivity contribution in [3.05, 3.63) is 150 Å². The van der Waals surface area contributed by atoms with Crippen molar-refractivity contribution < 1.29 is 4.39 Å². The highest BCUT2D eigenvalue weighted by atomic mass is 32.2. The SMILES string of the molecule is Cn1c(-c2cccc(C(F)c3cccc(-n4c5ccccc5c5c6c(cnc54)Sc4ccccc4C6(C)C)c3)c2)nc2ccccc21. The second-order valence-electron chi connectivity index (χ2n) is 12.8. The molecule has 47 heavy (non-hydrogen) atoms. The number of hydrogen-bond acceptors (Lipinski definition) is 3. The molecule has 0 bridgehead atoms. The topological polar surface area (TPSA) is 35.6 Å². The molecular formula is C41H31FN4S. The molecule has 1 aliphatic heterocycles. The van der Waals surface area contributed by atoms with Gasteiger partial charge in [0.1, 0.15) is 11.5 Å². The molecule has 0 aliphatic carbocycles. The van der Waals surface area contributed by atoms with Gasteiger partial charge >= 0.3 is 0 Å². The van der Waals surface area contributed by atoms with E-state index in [4.69, 9.17) is 9.97 Å². The van der Waals surface area contributed by atoms with Crippen LogP contribution in [0.1, 0.15) is 42.3 Å². The zero-order valence-electron chi connectivity index (χ0n) is 26.3. The van der Waals surface area contributed by atoms with Crippen molar-refractivity contribution in [1.29, 1.82) is 0 Å². The van der Waals surface area contributed by atoms with E-state index in [0.29, 0.717) is 11.1 Å². The van der Waals surface area contributed by atoms with Gasteiger partial charge in [-0.25, -0.2) is 14.4 Å². The predicted octanol–water partition coefficient (Wildman–Crippen LogP) is 10.6. The van der Waals surface area contributed by atoms with E-state index in [9.17, 15) is 0 Å². The molecule has 0 radical (unpaired) electrons. The number of para-hydroxylation sites is 3. The van der Waals surface area contributed by atoms with Crippen LogP contribution in [0.15, 0.2) is 137 Å². The smallest absolute Gasteiger partial charge is 0.150 e. The summed E-state index contributed by atoms with van der Waals surface area (Å²) in [5.74, 6) is 0.817. The lowest BCUT2D eigenvalue weighted by atomic mass is 9.76. The average Bonchev–Trinajstić information content (AvgIpc) is 3.62. The van der Waals surface area contributed by atoms with Gasteiger partial charge in [-0.3, -0.25) is 4.57 Å². The first kappa shape index (κ1) is 28.1. The minimum absolute atomic E-state index is 0.219. The second kappa shape index (κ2) is 10.4. The number of pyridine rings is 1. The Morgan fingerprint density at radius 2 is 1.47 bits per heavy atom. The summed E-state index contributed by atoms with van der Waals surface area (Å²) in [6.07, 6.45) is 0.703. The van der Waals surface area contributed by atoms with Crippen LogP contribution in [-0.2, 0) is 12.5 Å². The minimum atomic E-state index is -1.31. The van der Waals surface area contributed by atoms with Gasteiger partial charge in [0.2, 0.25) is 0 Å². The summed E-state index contributed by atoms with van der Waals surface area (Å²) in [5, 5.41) is 2.31. The second-order valence-corrected chi connectivity index (χ2v) is 13.9. The Morgan fingerprint density at radius 1 is 0.745 bits per heavy atom. The maximum Gasteiger partial charge on any atom is 0.150 e. The summed E-state index contributed by atoms with van der Waals surface area (Å²) < 4.78 is 20.8. The van der Waals surface area contributed by atoms with Crippen LogP contribution in [0.4, 0.5) is 4.39 Å². The molecule has 228 valence electrons. The van der Waals surface area contributed by atoms with E-state index in [1.54, 1.807) is 11.8 Å². The number of benzene rings is 5. The summed E-state index contributed by atoms with van der Waals surface area (Å²) in [5.41, 5.74) is 9.27. The number of hydrogen-bond donors (Lipinski definition) is 0. The van der Waals surface area contributed by atoms with E-state index < -0.39 is 6.17 Å². The van der Waals surface area contributed by atoms with Crippen LogP contribution in [-0.4, -0.2) is 19.1 Å². The highest BCUT2D eigenvalue weighted by molar-refractivity contribution is 7.99. The van der Waals surface area contributed by atoms with Crippen LogP contribution in [0.25, 0.3) is 50.0 Å². The highest BCUT2D eigenvalue weighted by Crippen LogP contribution is 2.52. The average molecular weight is 631 g/mol. The maximum absolute atomic E-state index is 16.5. The molecular weight excluding hydrogens is 600 g/mol. The largest absolute Gasteiger partial charge is 0.327 e. The zero-order chi connectivity index (χ0) is 31.9. The maximum atomic E-state index is 16.5. The number of rotatable bonds is 4. The number of nitrogens with zero attached hydrogens (tertiary/aromatic N) is 4. The fourth-order valence-electron chi connectivity index (χ4n) is 7.44. The number of halogens is 1. The summed E-state index contributed by atoms with van der Waals surface area (Å²) in [7, 11) is 2.00. The van der Waals surface area contributed by atoms with Crippen LogP contribution in [0.5, 0.6) is 0 Å². The van der Waals surface area contributed by atoms with Gasteiger partial charge in [0.25, 0.3) is 0 Å². The third kappa shape index (κ3) is 4.21. The molecule has 0 spiro atoms. The lowest BCUT2D eigenvalue weighted by Crippen LogP contribution is -2.24. The summed E-state index contributed by atoms with van der Waals surface area (Å²) in [6, 6.07) is 40.7. The van der Waals surface area contributed by atoms with Crippen molar-refractivity contribution in [3.8, 4) is 17.1 Å². The minimum Gasteiger partial charge on any atom is -0.327 e. The van der Waals surface area contributed by atoms with Crippen LogP contribution < -0.4 is 0 Å². The van der Waals surface area contributed by atoms with E-state index in [-0.39, 0.29) is 5.41 Å².